The van der Waals surface area contributed by atoms with Crippen LogP contribution in [-0.4, -0.2) is 32.7 Å². The summed E-state index contributed by atoms with van der Waals surface area (Å²) >= 11 is 0. The third-order valence-electron chi connectivity index (χ3n) is 4.72. The lowest BCUT2D eigenvalue weighted by Crippen LogP contribution is -2.30. The summed E-state index contributed by atoms with van der Waals surface area (Å²) in [6.45, 7) is 7.67. The number of ether oxygens (including phenoxy) is 1. The third-order valence-corrected chi connectivity index (χ3v) is 4.72. The van der Waals surface area contributed by atoms with Crippen molar-refractivity contribution >= 4 is 23.0 Å². The predicted octanol–water partition coefficient (Wildman–Crippen LogP) is 4.56. The molecule has 0 unspecified atom stereocenters. The van der Waals surface area contributed by atoms with Gasteiger partial charge in [-0.25, -0.2) is 9.97 Å². The van der Waals surface area contributed by atoms with Gasteiger partial charge >= 0.3 is 6.18 Å². The topological polar surface area (TPSA) is 69.0 Å². The first-order valence-electron chi connectivity index (χ1n) is 9.37. The quantitative estimate of drug-likeness (QED) is 0.801. The molecule has 1 amide bonds. The molecule has 1 aliphatic carbocycles. The lowest BCUT2D eigenvalue weighted by molar-refractivity contribution is -0.141. The van der Waals surface area contributed by atoms with Crippen LogP contribution in [0.5, 0.6) is 0 Å². The minimum absolute atomic E-state index is 0.0163. The molecule has 1 fully saturated rings. The van der Waals surface area contributed by atoms with Crippen molar-refractivity contribution in [3.8, 4) is 0 Å². The summed E-state index contributed by atoms with van der Waals surface area (Å²) < 4.78 is 46.5. The summed E-state index contributed by atoms with van der Waals surface area (Å²) in [6.07, 6.45) is -1.93. The number of alkyl halides is 3. The lowest BCUT2D eigenvalue weighted by Gasteiger charge is -2.29. The Hall–Kier alpha value is -2.16. The van der Waals surface area contributed by atoms with E-state index < -0.39 is 17.8 Å². The van der Waals surface area contributed by atoms with E-state index in [4.69, 9.17) is 4.74 Å². The van der Waals surface area contributed by atoms with E-state index in [-0.39, 0.29) is 35.8 Å². The maximum absolute atomic E-state index is 13.1. The van der Waals surface area contributed by atoms with Gasteiger partial charge in [0.25, 0.3) is 0 Å². The molecule has 1 atom stereocenters. The zero-order valence-corrected chi connectivity index (χ0v) is 16.4. The van der Waals surface area contributed by atoms with Gasteiger partial charge in [0, 0.05) is 6.04 Å². The van der Waals surface area contributed by atoms with Crippen LogP contribution in [-0.2, 0) is 15.7 Å². The van der Waals surface area contributed by atoms with Crippen LogP contribution in [0, 0.1) is 5.92 Å². The Balaban J connectivity index is 1.89. The van der Waals surface area contributed by atoms with Crippen LogP contribution >= 0.6 is 0 Å². The second kappa shape index (κ2) is 7.35. The monoisotopic (exact) mass is 398 g/mol. The fourth-order valence-corrected chi connectivity index (χ4v) is 2.89. The van der Waals surface area contributed by atoms with Crippen LogP contribution in [0.15, 0.2) is 12.1 Å². The highest BCUT2D eigenvalue weighted by atomic mass is 19.4. The number of hydrogen-bond acceptors (Lipinski definition) is 4. The van der Waals surface area contributed by atoms with Crippen molar-refractivity contribution < 1.29 is 22.7 Å². The second-order valence-corrected chi connectivity index (χ2v) is 8.24. The molecule has 3 rings (SSSR count). The summed E-state index contributed by atoms with van der Waals surface area (Å²) in [7, 11) is 0. The largest absolute Gasteiger partial charge is 0.433 e. The number of nitrogens with zero attached hydrogens (tertiary/aromatic N) is 3. The van der Waals surface area contributed by atoms with Crippen molar-refractivity contribution in [2.24, 2.45) is 5.92 Å². The van der Waals surface area contributed by atoms with E-state index >= 15 is 0 Å². The van der Waals surface area contributed by atoms with Gasteiger partial charge in [0.15, 0.2) is 5.65 Å². The summed E-state index contributed by atoms with van der Waals surface area (Å²) in [5, 5.41) is 2.75. The van der Waals surface area contributed by atoms with Gasteiger partial charge in [-0.2, -0.15) is 13.2 Å². The van der Waals surface area contributed by atoms with E-state index in [9.17, 15) is 18.0 Å². The number of carbonyl (C=O) groups is 1. The molecule has 2 aromatic heterocycles. The molecular weight excluding hydrogens is 373 g/mol. The van der Waals surface area contributed by atoms with Crippen molar-refractivity contribution in [1.29, 1.82) is 0 Å². The van der Waals surface area contributed by atoms with E-state index in [1.165, 1.54) is 6.07 Å². The second-order valence-electron chi connectivity index (χ2n) is 8.24. The van der Waals surface area contributed by atoms with Gasteiger partial charge in [0.05, 0.1) is 18.1 Å². The average Bonchev–Trinajstić information content (AvgIpc) is 2.87. The molecule has 1 N–H and O–H groups in total. The van der Waals surface area contributed by atoms with Gasteiger partial charge in [0.1, 0.15) is 11.2 Å². The summed E-state index contributed by atoms with van der Waals surface area (Å²) in [5.41, 5.74) is -0.863. The maximum atomic E-state index is 13.1. The normalized spacial score (nSPS) is 16.8. The predicted molar refractivity (Wildman–Crippen MR) is 98.9 cm³/mol. The molecule has 154 valence electrons. The molecule has 1 aliphatic rings. The van der Waals surface area contributed by atoms with E-state index in [1.54, 1.807) is 11.5 Å². The summed E-state index contributed by atoms with van der Waals surface area (Å²) in [4.78, 5) is 20.7. The Labute approximate surface area is 161 Å². The molecule has 0 aromatic carbocycles. The van der Waals surface area contributed by atoms with Gasteiger partial charge < -0.3 is 4.74 Å². The number of fused-ring (bicyclic) bond motifs is 1. The molecule has 6 nitrogen and oxygen atoms in total. The van der Waals surface area contributed by atoms with Gasteiger partial charge in [-0.05, 0) is 52.2 Å². The van der Waals surface area contributed by atoms with Crippen LogP contribution in [0.1, 0.15) is 58.7 Å². The Bertz CT molecular complexity index is 866. The van der Waals surface area contributed by atoms with Crippen LogP contribution in [0.2, 0.25) is 0 Å². The van der Waals surface area contributed by atoms with Crippen LogP contribution < -0.4 is 5.32 Å². The minimum Gasteiger partial charge on any atom is -0.375 e. The van der Waals surface area contributed by atoms with E-state index in [0.29, 0.717) is 5.52 Å². The molecule has 0 radical (unpaired) electrons. The summed E-state index contributed by atoms with van der Waals surface area (Å²) in [5.74, 6) is -0.497. The van der Waals surface area contributed by atoms with Crippen molar-refractivity contribution in [1.82, 2.24) is 14.5 Å². The standard InChI is InChI=1S/C19H25F3N4O2/c1-11(10-28-18(2,3)4)16(27)25-17-23-13-8-9-14(19(20,21)22)24-15(13)26(17)12-6-5-7-12/h8-9,11-12H,5-7,10H2,1-4H3,(H,23,25,27)/t11-/m0/s1. The molecule has 0 saturated heterocycles. The molecule has 2 aromatic rings. The van der Waals surface area contributed by atoms with Crippen LogP contribution in [0.3, 0.4) is 0 Å². The Morgan fingerprint density at radius 1 is 1.29 bits per heavy atom. The smallest absolute Gasteiger partial charge is 0.375 e. The fourth-order valence-electron chi connectivity index (χ4n) is 2.89. The number of imidazole rings is 1. The van der Waals surface area contributed by atoms with Crippen molar-refractivity contribution in [2.45, 2.75) is 64.8 Å². The number of hydrogen-bond donors (Lipinski definition) is 1. The molecule has 0 aliphatic heterocycles. The first-order chi connectivity index (χ1) is 13.0. The van der Waals surface area contributed by atoms with Crippen LogP contribution in [0.4, 0.5) is 19.1 Å². The number of halogens is 3. The molecule has 9 heteroatoms. The summed E-state index contributed by atoms with van der Waals surface area (Å²) in [6, 6.07) is 2.19. The molecule has 0 bridgehead atoms. The van der Waals surface area contributed by atoms with Gasteiger partial charge in [-0.1, -0.05) is 6.92 Å². The zero-order chi connectivity index (χ0) is 20.7. The number of carbonyl (C=O) groups excluding carboxylic acids is 1. The number of rotatable bonds is 5. The van der Waals surface area contributed by atoms with Crippen molar-refractivity contribution in [3.63, 3.8) is 0 Å². The highest BCUT2D eigenvalue weighted by Crippen LogP contribution is 2.38. The third kappa shape index (κ3) is 4.45. The Morgan fingerprint density at radius 2 is 1.96 bits per heavy atom. The molecule has 1 saturated carbocycles. The lowest BCUT2D eigenvalue weighted by atomic mass is 9.93. The Kier molecular flexibility index (Phi) is 5.40. The van der Waals surface area contributed by atoms with Gasteiger partial charge in [-0.15, -0.1) is 0 Å². The van der Waals surface area contributed by atoms with E-state index in [2.05, 4.69) is 15.3 Å². The highest BCUT2D eigenvalue weighted by Gasteiger charge is 2.34. The number of nitrogens with one attached hydrogen (secondary N) is 1. The SMILES string of the molecule is C[C@@H](COC(C)(C)C)C(=O)Nc1nc2ccc(C(F)(F)F)nc2n1C1CCC1. The van der Waals surface area contributed by atoms with Gasteiger partial charge in [0.2, 0.25) is 11.9 Å². The van der Waals surface area contributed by atoms with E-state index in [1.807, 2.05) is 20.8 Å². The fraction of sp³-hybridized carbons (Fsp3) is 0.632. The first kappa shape index (κ1) is 20.6. The van der Waals surface area contributed by atoms with Crippen molar-refractivity contribution in [2.75, 3.05) is 11.9 Å². The van der Waals surface area contributed by atoms with E-state index in [0.717, 1.165) is 25.3 Å². The number of aromatic nitrogens is 3. The minimum atomic E-state index is -4.54. The first-order valence-corrected chi connectivity index (χ1v) is 9.37. The number of pyridine rings is 1. The molecular formula is C19H25F3N4O2. The van der Waals surface area contributed by atoms with Crippen LogP contribution in [0.25, 0.3) is 11.2 Å². The molecule has 2 heterocycles. The number of amides is 1. The van der Waals surface area contributed by atoms with Gasteiger partial charge in [-0.3, -0.25) is 14.7 Å². The highest BCUT2D eigenvalue weighted by molar-refractivity contribution is 5.92. The van der Waals surface area contributed by atoms with Crippen molar-refractivity contribution in [3.05, 3.63) is 17.8 Å². The molecule has 0 spiro atoms. The zero-order valence-electron chi connectivity index (χ0n) is 16.4. The number of anilines is 1. The maximum Gasteiger partial charge on any atom is 0.433 e. The molecule has 28 heavy (non-hydrogen) atoms. The average molecular weight is 398 g/mol. The Morgan fingerprint density at radius 3 is 2.50 bits per heavy atom.